The van der Waals surface area contributed by atoms with Gasteiger partial charge in [-0.25, -0.2) is 4.98 Å². The number of hydrogen-bond donors (Lipinski definition) is 3. The normalized spacial score (nSPS) is 10.9. The zero-order valence-corrected chi connectivity index (χ0v) is 17.1. The Morgan fingerprint density at radius 2 is 2.07 bits per heavy atom. The standard InChI is InChI=1S/C19H19Cl2N5O3/c1-26(7-5-16(27)22-6-4-17(28)29)15-8-13(11-9-23-24-10-11)12-2-3-14(20)18(21)19(12)25-15/h2-3,8-10H,4-7H2,1H3,(H,22,27)(H,23,24)(H,28,29). The summed E-state index contributed by atoms with van der Waals surface area (Å²) in [4.78, 5) is 28.9. The van der Waals surface area contributed by atoms with E-state index in [0.717, 1.165) is 16.5 Å². The van der Waals surface area contributed by atoms with Crippen LogP contribution in [0, 0.1) is 0 Å². The zero-order valence-electron chi connectivity index (χ0n) is 15.6. The number of carbonyl (C=O) groups excluding carboxylic acids is 1. The molecule has 8 nitrogen and oxygen atoms in total. The number of halogens is 2. The van der Waals surface area contributed by atoms with E-state index in [1.165, 1.54) is 0 Å². The highest BCUT2D eigenvalue weighted by Gasteiger charge is 2.16. The van der Waals surface area contributed by atoms with Crippen molar-refractivity contribution in [2.45, 2.75) is 12.8 Å². The molecule has 0 atom stereocenters. The van der Waals surface area contributed by atoms with Gasteiger partial charge in [-0.05, 0) is 17.7 Å². The first-order valence-corrected chi connectivity index (χ1v) is 9.60. The van der Waals surface area contributed by atoms with Crippen molar-refractivity contribution >= 4 is 51.8 Å². The molecule has 0 saturated heterocycles. The number of aromatic nitrogens is 3. The second kappa shape index (κ2) is 9.11. The van der Waals surface area contributed by atoms with Crippen LogP contribution in [0.5, 0.6) is 0 Å². The molecule has 0 aliphatic heterocycles. The smallest absolute Gasteiger partial charge is 0.305 e. The third kappa shape index (κ3) is 4.96. The number of nitrogens with zero attached hydrogens (tertiary/aromatic N) is 3. The summed E-state index contributed by atoms with van der Waals surface area (Å²) in [7, 11) is 1.82. The average molecular weight is 436 g/mol. The van der Waals surface area contributed by atoms with E-state index in [9.17, 15) is 9.59 Å². The quantitative estimate of drug-likeness (QED) is 0.500. The molecule has 0 radical (unpaired) electrons. The fourth-order valence-electron chi connectivity index (χ4n) is 2.83. The van der Waals surface area contributed by atoms with E-state index in [2.05, 4.69) is 20.5 Å². The van der Waals surface area contributed by atoms with Crippen LogP contribution in [0.3, 0.4) is 0 Å². The number of aromatic amines is 1. The van der Waals surface area contributed by atoms with E-state index in [-0.39, 0.29) is 25.3 Å². The van der Waals surface area contributed by atoms with Crippen LogP contribution in [0.25, 0.3) is 22.0 Å². The molecule has 1 amide bonds. The summed E-state index contributed by atoms with van der Waals surface area (Å²) in [5.74, 6) is -0.559. The lowest BCUT2D eigenvalue weighted by atomic mass is 10.0. The Morgan fingerprint density at radius 3 is 2.76 bits per heavy atom. The van der Waals surface area contributed by atoms with Crippen LogP contribution in [0.15, 0.2) is 30.6 Å². The fourth-order valence-corrected chi connectivity index (χ4v) is 3.19. The largest absolute Gasteiger partial charge is 0.481 e. The van der Waals surface area contributed by atoms with Gasteiger partial charge in [-0.2, -0.15) is 5.10 Å². The van der Waals surface area contributed by atoms with Gasteiger partial charge in [0.05, 0.1) is 28.2 Å². The van der Waals surface area contributed by atoms with Crippen LogP contribution in [0.4, 0.5) is 5.82 Å². The Hall–Kier alpha value is -2.84. The van der Waals surface area contributed by atoms with E-state index >= 15 is 0 Å². The number of pyridine rings is 1. The van der Waals surface area contributed by atoms with Crippen LogP contribution in [-0.4, -0.2) is 52.3 Å². The number of carboxylic acid groups (broad SMARTS) is 1. The Morgan fingerprint density at radius 1 is 1.28 bits per heavy atom. The molecule has 2 aromatic heterocycles. The average Bonchev–Trinajstić information content (AvgIpc) is 3.22. The van der Waals surface area contributed by atoms with E-state index in [4.69, 9.17) is 28.3 Å². The highest BCUT2D eigenvalue weighted by molar-refractivity contribution is 6.45. The lowest BCUT2D eigenvalue weighted by molar-refractivity contribution is -0.136. The summed E-state index contributed by atoms with van der Waals surface area (Å²) in [5.41, 5.74) is 2.32. The van der Waals surface area contributed by atoms with Gasteiger partial charge in [0.2, 0.25) is 5.91 Å². The summed E-state index contributed by atoms with van der Waals surface area (Å²) >= 11 is 12.6. The second-order valence-corrected chi connectivity index (χ2v) is 7.22. The van der Waals surface area contributed by atoms with Gasteiger partial charge in [-0.1, -0.05) is 29.3 Å². The highest BCUT2D eigenvalue weighted by Crippen LogP contribution is 2.37. The summed E-state index contributed by atoms with van der Waals surface area (Å²) < 4.78 is 0. The molecule has 29 heavy (non-hydrogen) atoms. The summed E-state index contributed by atoms with van der Waals surface area (Å²) in [6.07, 6.45) is 3.56. The van der Waals surface area contributed by atoms with Gasteiger partial charge in [0.1, 0.15) is 5.82 Å². The molecule has 0 unspecified atom stereocenters. The van der Waals surface area contributed by atoms with Crippen molar-refractivity contribution in [3.63, 3.8) is 0 Å². The monoisotopic (exact) mass is 435 g/mol. The number of H-pyrrole nitrogens is 1. The van der Waals surface area contributed by atoms with Crippen LogP contribution in [-0.2, 0) is 9.59 Å². The molecule has 152 valence electrons. The molecule has 0 bridgehead atoms. The minimum atomic E-state index is -0.954. The number of aliphatic carboxylic acids is 1. The van der Waals surface area contributed by atoms with Crippen molar-refractivity contribution in [1.82, 2.24) is 20.5 Å². The van der Waals surface area contributed by atoms with Crippen LogP contribution >= 0.6 is 23.2 Å². The summed E-state index contributed by atoms with van der Waals surface area (Å²) in [6.45, 7) is 0.491. The van der Waals surface area contributed by atoms with E-state index in [0.29, 0.717) is 27.9 Å². The van der Waals surface area contributed by atoms with Gasteiger partial charge in [0.25, 0.3) is 0 Å². The molecule has 1 aromatic carbocycles. The van der Waals surface area contributed by atoms with Crippen LogP contribution < -0.4 is 10.2 Å². The van der Waals surface area contributed by atoms with Gasteiger partial charge in [-0.3, -0.25) is 14.7 Å². The number of anilines is 1. The Balaban J connectivity index is 1.84. The third-order valence-corrected chi connectivity index (χ3v) is 5.19. The van der Waals surface area contributed by atoms with Crippen LogP contribution in [0.2, 0.25) is 10.0 Å². The molecule has 3 N–H and O–H groups in total. The van der Waals surface area contributed by atoms with Gasteiger partial charge >= 0.3 is 5.97 Å². The number of carbonyl (C=O) groups is 2. The molecule has 0 aliphatic rings. The number of benzene rings is 1. The number of hydrogen-bond acceptors (Lipinski definition) is 5. The molecule has 0 fully saturated rings. The molecule has 0 spiro atoms. The van der Waals surface area contributed by atoms with Crippen molar-refractivity contribution in [2.24, 2.45) is 0 Å². The molecule has 10 heteroatoms. The second-order valence-electron chi connectivity index (χ2n) is 6.44. The van der Waals surface area contributed by atoms with Crippen molar-refractivity contribution < 1.29 is 14.7 Å². The Labute approximate surface area is 176 Å². The van der Waals surface area contributed by atoms with Crippen molar-refractivity contribution in [3.8, 4) is 11.1 Å². The first-order valence-electron chi connectivity index (χ1n) is 8.84. The summed E-state index contributed by atoms with van der Waals surface area (Å²) in [6, 6.07) is 5.49. The van der Waals surface area contributed by atoms with E-state index in [1.54, 1.807) is 18.5 Å². The molecular formula is C19H19Cl2N5O3. The fraction of sp³-hybridized carbons (Fsp3) is 0.263. The number of fused-ring (bicyclic) bond motifs is 1. The van der Waals surface area contributed by atoms with Gasteiger partial charge in [0, 0.05) is 43.7 Å². The molecule has 0 aliphatic carbocycles. The minimum Gasteiger partial charge on any atom is -0.481 e. The van der Waals surface area contributed by atoms with E-state index in [1.807, 2.05) is 24.1 Å². The number of nitrogens with one attached hydrogen (secondary N) is 2. The maximum Gasteiger partial charge on any atom is 0.305 e. The first kappa shape index (κ1) is 20.9. The summed E-state index contributed by atoms with van der Waals surface area (Å²) in [5, 5.41) is 19.6. The topological polar surface area (TPSA) is 111 Å². The molecular weight excluding hydrogens is 417 g/mol. The van der Waals surface area contributed by atoms with Crippen LogP contribution in [0.1, 0.15) is 12.8 Å². The van der Waals surface area contributed by atoms with E-state index < -0.39 is 5.97 Å². The van der Waals surface area contributed by atoms with Crippen molar-refractivity contribution in [2.75, 3.05) is 25.0 Å². The predicted molar refractivity (Wildman–Crippen MR) is 112 cm³/mol. The minimum absolute atomic E-state index is 0.102. The lowest BCUT2D eigenvalue weighted by Gasteiger charge is -2.20. The van der Waals surface area contributed by atoms with Gasteiger partial charge in [-0.15, -0.1) is 0 Å². The first-order chi connectivity index (χ1) is 13.9. The molecule has 0 saturated carbocycles. The van der Waals surface area contributed by atoms with Gasteiger partial charge < -0.3 is 15.3 Å². The molecule has 2 heterocycles. The Bertz CT molecular complexity index is 1040. The lowest BCUT2D eigenvalue weighted by Crippen LogP contribution is -2.30. The van der Waals surface area contributed by atoms with Gasteiger partial charge in [0.15, 0.2) is 0 Å². The van der Waals surface area contributed by atoms with Crippen molar-refractivity contribution in [3.05, 3.63) is 40.6 Å². The van der Waals surface area contributed by atoms with Crippen molar-refractivity contribution in [1.29, 1.82) is 0 Å². The maximum absolute atomic E-state index is 11.9. The Kier molecular flexibility index (Phi) is 6.56. The molecule has 3 rings (SSSR count). The number of amides is 1. The SMILES string of the molecule is CN(CCC(=O)NCCC(=O)O)c1cc(-c2cn[nH]c2)c2ccc(Cl)c(Cl)c2n1. The number of rotatable bonds is 8. The highest BCUT2D eigenvalue weighted by atomic mass is 35.5. The number of carboxylic acids is 1. The molecule has 3 aromatic rings. The maximum atomic E-state index is 11.9. The zero-order chi connectivity index (χ0) is 21.0. The third-order valence-electron chi connectivity index (χ3n) is 4.39. The predicted octanol–water partition coefficient (Wildman–Crippen LogP) is 3.35.